The fourth-order valence-corrected chi connectivity index (χ4v) is 3.56. The zero-order valence-corrected chi connectivity index (χ0v) is 16.0. The van der Waals surface area contributed by atoms with Gasteiger partial charge in [-0.1, -0.05) is 35.3 Å². The average molecular weight is 391 g/mol. The summed E-state index contributed by atoms with van der Waals surface area (Å²) in [4.78, 5) is 26.5. The van der Waals surface area contributed by atoms with Crippen molar-refractivity contribution in [2.24, 2.45) is 5.92 Å². The Kier molecular flexibility index (Phi) is 5.84. The van der Waals surface area contributed by atoms with Crippen LogP contribution in [0, 0.1) is 12.8 Å². The van der Waals surface area contributed by atoms with Crippen molar-refractivity contribution >= 4 is 40.7 Å². The number of benzene rings is 2. The van der Waals surface area contributed by atoms with Gasteiger partial charge in [0.15, 0.2) is 0 Å². The zero-order valence-electron chi connectivity index (χ0n) is 14.5. The van der Waals surface area contributed by atoms with Crippen LogP contribution in [0.4, 0.5) is 5.69 Å². The number of nitrogens with zero attached hydrogens (tertiary/aromatic N) is 1. The van der Waals surface area contributed by atoms with Crippen LogP contribution < -0.4 is 5.32 Å². The van der Waals surface area contributed by atoms with E-state index in [1.807, 2.05) is 31.2 Å². The lowest BCUT2D eigenvalue weighted by Gasteiger charge is -2.17. The monoisotopic (exact) mass is 390 g/mol. The molecule has 0 aromatic heterocycles. The predicted octanol–water partition coefficient (Wildman–Crippen LogP) is 4.33. The van der Waals surface area contributed by atoms with Crippen LogP contribution in [0.2, 0.25) is 10.0 Å². The molecule has 2 amide bonds. The molecule has 2 aromatic rings. The molecule has 0 bridgehead atoms. The van der Waals surface area contributed by atoms with E-state index < -0.39 is 0 Å². The topological polar surface area (TPSA) is 49.4 Å². The molecule has 1 saturated heterocycles. The molecular formula is C20H20Cl2N2O2. The van der Waals surface area contributed by atoms with Crippen LogP contribution in [0.25, 0.3) is 0 Å². The van der Waals surface area contributed by atoms with Crippen LogP contribution in [0.3, 0.4) is 0 Å². The summed E-state index contributed by atoms with van der Waals surface area (Å²) < 4.78 is 0. The van der Waals surface area contributed by atoms with Gasteiger partial charge in [0, 0.05) is 35.2 Å². The molecule has 4 nitrogen and oxygen atoms in total. The number of hydrogen-bond acceptors (Lipinski definition) is 2. The van der Waals surface area contributed by atoms with Crippen LogP contribution >= 0.6 is 23.2 Å². The van der Waals surface area contributed by atoms with Gasteiger partial charge in [-0.25, -0.2) is 0 Å². The Hall–Kier alpha value is -2.04. The van der Waals surface area contributed by atoms with E-state index in [-0.39, 0.29) is 24.2 Å². The molecule has 0 radical (unpaired) electrons. The number of carbonyl (C=O) groups excluding carboxylic acids is 2. The number of rotatable bonds is 5. The molecule has 1 atom stereocenters. The van der Waals surface area contributed by atoms with Crippen molar-refractivity contribution in [1.29, 1.82) is 0 Å². The predicted molar refractivity (Wildman–Crippen MR) is 105 cm³/mol. The number of aryl methyl sites for hydroxylation is 1. The van der Waals surface area contributed by atoms with Crippen LogP contribution in [0.1, 0.15) is 17.5 Å². The van der Waals surface area contributed by atoms with Crippen LogP contribution in [-0.4, -0.2) is 29.8 Å². The molecule has 0 spiro atoms. The molecule has 26 heavy (non-hydrogen) atoms. The van der Waals surface area contributed by atoms with E-state index in [2.05, 4.69) is 5.32 Å². The first-order valence-electron chi connectivity index (χ1n) is 8.51. The van der Waals surface area contributed by atoms with E-state index in [9.17, 15) is 9.59 Å². The SMILES string of the molecule is Cc1cc(Cl)ccc1NC(=O)C1CC(=O)N(CCc2cccc(Cl)c2)C1. The van der Waals surface area contributed by atoms with Crippen molar-refractivity contribution in [3.05, 3.63) is 63.6 Å². The average Bonchev–Trinajstić information content (AvgIpc) is 2.97. The molecule has 3 rings (SSSR count). The molecule has 2 aromatic carbocycles. The first-order valence-corrected chi connectivity index (χ1v) is 9.27. The van der Waals surface area contributed by atoms with E-state index in [0.717, 1.165) is 23.2 Å². The highest BCUT2D eigenvalue weighted by Gasteiger charge is 2.34. The van der Waals surface area contributed by atoms with Gasteiger partial charge in [0.05, 0.1) is 5.92 Å². The van der Waals surface area contributed by atoms with Gasteiger partial charge in [-0.3, -0.25) is 9.59 Å². The fraction of sp³-hybridized carbons (Fsp3) is 0.300. The van der Waals surface area contributed by atoms with Crippen molar-refractivity contribution in [2.75, 3.05) is 18.4 Å². The van der Waals surface area contributed by atoms with E-state index in [4.69, 9.17) is 23.2 Å². The lowest BCUT2D eigenvalue weighted by atomic mass is 10.1. The highest BCUT2D eigenvalue weighted by Crippen LogP contribution is 2.24. The third-order valence-corrected chi connectivity index (χ3v) is 5.06. The minimum Gasteiger partial charge on any atom is -0.342 e. The number of nitrogens with one attached hydrogen (secondary N) is 1. The molecule has 1 aliphatic rings. The lowest BCUT2D eigenvalue weighted by Crippen LogP contribution is -2.30. The summed E-state index contributed by atoms with van der Waals surface area (Å²) in [6.07, 6.45) is 0.963. The van der Waals surface area contributed by atoms with Crippen LogP contribution in [0.5, 0.6) is 0 Å². The van der Waals surface area contributed by atoms with Crippen molar-refractivity contribution in [2.45, 2.75) is 19.8 Å². The number of anilines is 1. The second kappa shape index (κ2) is 8.11. The maximum absolute atomic E-state index is 12.5. The Bertz CT molecular complexity index is 838. The second-order valence-electron chi connectivity index (χ2n) is 6.57. The first-order chi connectivity index (χ1) is 12.4. The van der Waals surface area contributed by atoms with Crippen LogP contribution in [0.15, 0.2) is 42.5 Å². The Morgan fingerprint density at radius 1 is 1.19 bits per heavy atom. The lowest BCUT2D eigenvalue weighted by molar-refractivity contribution is -0.128. The van der Waals surface area contributed by atoms with Crippen molar-refractivity contribution in [3.8, 4) is 0 Å². The normalized spacial score (nSPS) is 16.8. The molecule has 0 aliphatic carbocycles. The highest BCUT2D eigenvalue weighted by atomic mass is 35.5. The minimum atomic E-state index is -0.336. The number of likely N-dealkylation sites (tertiary alicyclic amines) is 1. The molecular weight excluding hydrogens is 371 g/mol. The summed E-state index contributed by atoms with van der Waals surface area (Å²) in [6.45, 7) is 2.92. The molecule has 1 fully saturated rings. The van der Waals surface area contributed by atoms with Gasteiger partial charge in [-0.15, -0.1) is 0 Å². The molecule has 6 heteroatoms. The van der Waals surface area contributed by atoms with Crippen molar-refractivity contribution in [3.63, 3.8) is 0 Å². The van der Waals surface area contributed by atoms with E-state index in [0.29, 0.717) is 23.1 Å². The highest BCUT2D eigenvalue weighted by molar-refractivity contribution is 6.31. The third-order valence-electron chi connectivity index (χ3n) is 4.59. The molecule has 1 heterocycles. The van der Waals surface area contributed by atoms with Gasteiger partial charge in [0.1, 0.15) is 0 Å². The maximum Gasteiger partial charge on any atom is 0.229 e. The Morgan fingerprint density at radius 3 is 2.69 bits per heavy atom. The number of halogens is 2. The molecule has 136 valence electrons. The Morgan fingerprint density at radius 2 is 1.96 bits per heavy atom. The largest absolute Gasteiger partial charge is 0.342 e. The first kappa shape index (κ1) is 18.7. The number of carbonyl (C=O) groups is 2. The Balaban J connectivity index is 1.57. The molecule has 1 aliphatic heterocycles. The summed E-state index contributed by atoms with van der Waals surface area (Å²) >= 11 is 11.9. The summed E-state index contributed by atoms with van der Waals surface area (Å²) in [7, 11) is 0. The smallest absolute Gasteiger partial charge is 0.229 e. The quantitative estimate of drug-likeness (QED) is 0.825. The van der Waals surface area contributed by atoms with Gasteiger partial charge in [-0.05, 0) is 54.8 Å². The maximum atomic E-state index is 12.5. The van der Waals surface area contributed by atoms with E-state index in [1.165, 1.54) is 0 Å². The van der Waals surface area contributed by atoms with Crippen LogP contribution in [-0.2, 0) is 16.0 Å². The van der Waals surface area contributed by atoms with Gasteiger partial charge >= 0.3 is 0 Å². The van der Waals surface area contributed by atoms with Gasteiger partial charge in [0.25, 0.3) is 0 Å². The number of amides is 2. The van der Waals surface area contributed by atoms with Gasteiger partial charge in [0.2, 0.25) is 11.8 Å². The summed E-state index contributed by atoms with van der Waals surface area (Å²) in [6, 6.07) is 12.9. The van der Waals surface area contributed by atoms with Gasteiger partial charge < -0.3 is 10.2 Å². The zero-order chi connectivity index (χ0) is 18.7. The van der Waals surface area contributed by atoms with E-state index in [1.54, 1.807) is 23.1 Å². The molecule has 1 N–H and O–H groups in total. The van der Waals surface area contributed by atoms with Crippen molar-refractivity contribution in [1.82, 2.24) is 4.90 Å². The van der Waals surface area contributed by atoms with E-state index >= 15 is 0 Å². The third kappa shape index (κ3) is 4.57. The minimum absolute atomic E-state index is 0.0139. The molecule has 0 saturated carbocycles. The summed E-state index contributed by atoms with van der Waals surface area (Å²) in [5, 5.41) is 4.22. The standard InChI is InChI=1S/C20H20Cl2N2O2/c1-13-9-17(22)5-6-18(13)23-20(26)15-11-19(25)24(12-15)8-7-14-3-2-4-16(21)10-14/h2-6,9-10,15H,7-8,11-12H2,1H3,(H,23,26). The van der Waals surface area contributed by atoms with Crippen molar-refractivity contribution < 1.29 is 9.59 Å². The van der Waals surface area contributed by atoms with Gasteiger partial charge in [-0.2, -0.15) is 0 Å². The molecule has 1 unspecified atom stereocenters. The fourth-order valence-electron chi connectivity index (χ4n) is 3.12. The Labute approximate surface area is 163 Å². The number of hydrogen-bond donors (Lipinski definition) is 1. The summed E-state index contributed by atoms with van der Waals surface area (Å²) in [5.41, 5.74) is 2.70. The second-order valence-corrected chi connectivity index (χ2v) is 7.44. The summed E-state index contributed by atoms with van der Waals surface area (Å²) in [5.74, 6) is -0.453.